The van der Waals surface area contributed by atoms with E-state index >= 15 is 0 Å². The van der Waals surface area contributed by atoms with Crippen molar-refractivity contribution in [3.8, 4) is 22.5 Å². The number of likely N-dealkylation sites (N-methyl/N-ethyl adjacent to an activating group) is 1. The predicted molar refractivity (Wildman–Crippen MR) is 155 cm³/mol. The van der Waals surface area contributed by atoms with Gasteiger partial charge >= 0.3 is 0 Å². The van der Waals surface area contributed by atoms with Gasteiger partial charge in [0, 0.05) is 77.4 Å². The molecule has 198 valence electrons. The fraction of sp³-hybridized carbons (Fsp3) is 0.241. The molecule has 1 aliphatic heterocycles. The highest BCUT2D eigenvalue weighted by atomic mass is 35.5. The zero-order valence-electron chi connectivity index (χ0n) is 21.8. The maximum absolute atomic E-state index is 13.5. The molecule has 1 saturated heterocycles. The lowest BCUT2D eigenvalue weighted by Crippen LogP contribution is -2.44. The standard InChI is InChI=1S/C29H28ClN7O2/c1-3-37-27-20(14-24(28(37)38)23-9-4-19(15-25(23)30)26-17-31-18-39-26)16-32-29(34-27)33-21-5-7-22(8-6-21)36-12-10-35(2)11-13-36/h4-9,14-18H,3,10-13H2,1-2H3,(H,32,33,34). The van der Waals surface area contributed by atoms with Gasteiger partial charge in [-0.25, -0.2) is 9.97 Å². The molecule has 39 heavy (non-hydrogen) atoms. The lowest BCUT2D eigenvalue weighted by molar-refractivity contribution is 0.313. The number of fused-ring (bicyclic) bond motifs is 1. The fourth-order valence-corrected chi connectivity index (χ4v) is 5.18. The largest absolute Gasteiger partial charge is 0.444 e. The van der Waals surface area contributed by atoms with Gasteiger partial charge in [-0.2, -0.15) is 4.98 Å². The van der Waals surface area contributed by atoms with E-state index in [1.54, 1.807) is 29.1 Å². The summed E-state index contributed by atoms with van der Waals surface area (Å²) in [5, 5.41) is 4.47. The summed E-state index contributed by atoms with van der Waals surface area (Å²) in [4.78, 5) is 31.5. The normalized spacial score (nSPS) is 14.2. The van der Waals surface area contributed by atoms with E-state index in [0.717, 1.165) is 42.8 Å². The van der Waals surface area contributed by atoms with Crippen molar-refractivity contribution in [1.29, 1.82) is 0 Å². The lowest BCUT2D eigenvalue weighted by Gasteiger charge is -2.34. The smallest absolute Gasteiger partial charge is 0.260 e. The zero-order chi connectivity index (χ0) is 26.9. The number of hydrogen-bond donors (Lipinski definition) is 1. The number of oxazole rings is 1. The maximum atomic E-state index is 13.5. The first-order valence-electron chi connectivity index (χ1n) is 12.9. The number of benzene rings is 2. The number of anilines is 3. The highest BCUT2D eigenvalue weighted by Crippen LogP contribution is 2.32. The van der Waals surface area contributed by atoms with Crippen molar-refractivity contribution in [1.82, 2.24) is 24.4 Å². The van der Waals surface area contributed by atoms with Crippen LogP contribution in [0.3, 0.4) is 0 Å². The third kappa shape index (κ3) is 4.98. The number of piperazine rings is 1. The number of nitrogens with one attached hydrogen (secondary N) is 1. The van der Waals surface area contributed by atoms with Gasteiger partial charge in [-0.05, 0) is 50.4 Å². The predicted octanol–water partition coefficient (Wildman–Crippen LogP) is 5.28. The molecule has 6 rings (SSSR count). The minimum absolute atomic E-state index is 0.166. The Labute approximate surface area is 230 Å². The molecule has 0 saturated carbocycles. The Morgan fingerprint density at radius 2 is 1.79 bits per heavy atom. The highest BCUT2D eigenvalue weighted by Gasteiger charge is 2.17. The van der Waals surface area contributed by atoms with Gasteiger partial charge < -0.3 is 19.5 Å². The van der Waals surface area contributed by atoms with Crippen LogP contribution in [0.4, 0.5) is 17.3 Å². The number of rotatable bonds is 6. The molecule has 1 N–H and O–H groups in total. The summed E-state index contributed by atoms with van der Waals surface area (Å²) < 4.78 is 7.01. The van der Waals surface area contributed by atoms with Crippen molar-refractivity contribution < 1.29 is 4.42 Å². The van der Waals surface area contributed by atoms with E-state index in [2.05, 4.69) is 44.3 Å². The summed E-state index contributed by atoms with van der Waals surface area (Å²) in [5.74, 6) is 1.04. The van der Waals surface area contributed by atoms with Gasteiger partial charge in [0.15, 0.2) is 12.2 Å². The average Bonchev–Trinajstić information content (AvgIpc) is 3.49. The van der Waals surface area contributed by atoms with Crippen molar-refractivity contribution in [2.24, 2.45) is 0 Å². The topological polar surface area (TPSA) is 92.3 Å². The SMILES string of the molecule is CCn1c(=O)c(-c2ccc(-c3cnco3)cc2Cl)cc2cnc(Nc3ccc(N4CCN(C)CC4)cc3)nc21. The van der Waals surface area contributed by atoms with Crippen molar-refractivity contribution >= 4 is 40.0 Å². The molecule has 0 atom stereocenters. The van der Waals surface area contributed by atoms with Crippen molar-refractivity contribution in [2.45, 2.75) is 13.5 Å². The van der Waals surface area contributed by atoms with Crippen LogP contribution < -0.4 is 15.8 Å². The van der Waals surface area contributed by atoms with Crippen LogP contribution in [0.1, 0.15) is 6.92 Å². The Bertz CT molecular complexity index is 1680. The van der Waals surface area contributed by atoms with Gasteiger partial charge in [-0.3, -0.25) is 9.36 Å². The monoisotopic (exact) mass is 541 g/mol. The summed E-state index contributed by atoms with van der Waals surface area (Å²) >= 11 is 6.63. The van der Waals surface area contributed by atoms with Crippen LogP contribution in [0.25, 0.3) is 33.5 Å². The molecular weight excluding hydrogens is 514 g/mol. The van der Waals surface area contributed by atoms with E-state index < -0.39 is 0 Å². The molecule has 0 radical (unpaired) electrons. The van der Waals surface area contributed by atoms with Gasteiger partial charge in [0.25, 0.3) is 5.56 Å². The third-order valence-corrected chi connectivity index (χ3v) is 7.42. The molecule has 0 aliphatic carbocycles. The second kappa shape index (κ2) is 10.5. The Balaban J connectivity index is 1.29. The second-order valence-electron chi connectivity index (χ2n) is 9.60. The van der Waals surface area contributed by atoms with Crippen LogP contribution in [-0.2, 0) is 6.54 Å². The van der Waals surface area contributed by atoms with Gasteiger partial charge in [0.1, 0.15) is 5.65 Å². The Kier molecular flexibility index (Phi) is 6.76. The van der Waals surface area contributed by atoms with Crippen molar-refractivity contribution in [3.05, 3.63) is 82.7 Å². The number of aryl methyl sites for hydroxylation is 1. The van der Waals surface area contributed by atoms with Gasteiger partial charge in [-0.15, -0.1) is 0 Å². The number of halogens is 1. The Morgan fingerprint density at radius 1 is 1.00 bits per heavy atom. The first kappa shape index (κ1) is 25.1. The fourth-order valence-electron chi connectivity index (χ4n) is 4.90. The second-order valence-corrected chi connectivity index (χ2v) is 10.0. The summed E-state index contributed by atoms with van der Waals surface area (Å²) in [6.07, 6.45) is 4.72. The van der Waals surface area contributed by atoms with Crippen LogP contribution in [-0.4, -0.2) is 57.6 Å². The number of aromatic nitrogens is 4. The zero-order valence-corrected chi connectivity index (χ0v) is 22.5. The van der Waals surface area contributed by atoms with Crippen LogP contribution in [0.15, 0.2) is 76.5 Å². The molecule has 4 heterocycles. The van der Waals surface area contributed by atoms with E-state index in [4.69, 9.17) is 21.0 Å². The lowest BCUT2D eigenvalue weighted by atomic mass is 10.0. The quantitative estimate of drug-likeness (QED) is 0.310. The molecule has 9 nitrogen and oxygen atoms in total. The molecule has 0 unspecified atom stereocenters. The summed E-state index contributed by atoms with van der Waals surface area (Å²) in [7, 11) is 2.15. The maximum Gasteiger partial charge on any atom is 0.260 e. The van der Waals surface area contributed by atoms with Crippen LogP contribution >= 0.6 is 11.6 Å². The number of pyridine rings is 1. The van der Waals surface area contributed by atoms with E-state index in [1.165, 1.54) is 12.1 Å². The molecule has 3 aromatic heterocycles. The molecule has 1 aliphatic rings. The molecular formula is C29H28ClN7O2. The third-order valence-electron chi connectivity index (χ3n) is 7.11. The van der Waals surface area contributed by atoms with Crippen molar-refractivity contribution in [2.75, 3.05) is 43.4 Å². The minimum atomic E-state index is -0.166. The minimum Gasteiger partial charge on any atom is -0.444 e. The number of nitrogens with zero attached hydrogens (tertiary/aromatic N) is 6. The van der Waals surface area contributed by atoms with Crippen LogP contribution in [0.2, 0.25) is 5.02 Å². The molecule has 2 aromatic carbocycles. The van der Waals surface area contributed by atoms with Crippen molar-refractivity contribution in [3.63, 3.8) is 0 Å². The number of hydrogen-bond acceptors (Lipinski definition) is 8. The molecule has 0 spiro atoms. The highest BCUT2D eigenvalue weighted by molar-refractivity contribution is 6.33. The summed E-state index contributed by atoms with van der Waals surface area (Å²) in [5.41, 5.74) is 4.39. The summed E-state index contributed by atoms with van der Waals surface area (Å²) in [6, 6.07) is 15.5. The van der Waals surface area contributed by atoms with Gasteiger partial charge in [0.05, 0.1) is 6.20 Å². The summed E-state index contributed by atoms with van der Waals surface area (Å²) in [6.45, 7) is 6.53. The van der Waals surface area contributed by atoms with Crippen LogP contribution in [0, 0.1) is 0 Å². The first-order valence-corrected chi connectivity index (χ1v) is 13.3. The Morgan fingerprint density at radius 3 is 2.49 bits per heavy atom. The average molecular weight is 542 g/mol. The molecule has 0 bridgehead atoms. The van der Waals surface area contributed by atoms with Gasteiger partial charge in [0.2, 0.25) is 5.95 Å². The van der Waals surface area contributed by atoms with E-state index in [1.807, 2.05) is 31.2 Å². The van der Waals surface area contributed by atoms with Crippen LogP contribution in [0.5, 0.6) is 0 Å². The molecule has 10 heteroatoms. The molecule has 0 amide bonds. The van der Waals surface area contributed by atoms with E-state index in [9.17, 15) is 4.79 Å². The van der Waals surface area contributed by atoms with E-state index in [-0.39, 0.29) is 5.56 Å². The first-order chi connectivity index (χ1) is 19.0. The van der Waals surface area contributed by atoms with E-state index in [0.29, 0.717) is 40.1 Å². The Hall–Kier alpha value is -4.21. The molecule has 5 aromatic rings. The molecule has 1 fully saturated rings. The van der Waals surface area contributed by atoms with Gasteiger partial charge in [-0.1, -0.05) is 23.7 Å².